The fourth-order valence-corrected chi connectivity index (χ4v) is 2.32. The third-order valence-corrected chi connectivity index (χ3v) is 3.35. The summed E-state index contributed by atoms with van der Waals surface area (Å²) in [6, 6.07) is 0.591. The molecule has 1 fully saturated rings. The predicted octanol–water partition coefficient (Wildman–Crippen LogP) is 0.885. The number of rotatable bonds is 7. The van der Waals surface area contributed by atoms with Crippen LogP contribution in [0.1, 0.15) is 25.7 Å². The summed E-state index contributed by atoms with van der Waals surface area (Å²) in [7, 11) is 3.47. The number of methoxy groups -OCH3 is 2. The molecule has 0 spiro atoms. The zero-order valence-corrected chi connectivity index (χ0v) is 10.5. The van der Waals surface area contributed by atoms with Crippen molar-refractivity contribution in [3.8, 4) is 0 Å². The second kappa shape index (κ2) is 8.01. The van der Waals surface area contributed by atoms with Gasteiger partial charge in [0.05, 0.1) is 19.3 Å². The van der Waals surface area contributed by atoms with Gasteiger partial charge in [-0.15, -0.1) is 0 Å². The molecule has 0 aromatic rings. The summed E-state index contributed by atoms with van der Waals surface area (Å²) in [5, 5.41) is 9.49. The molecule has 1 N–H and O–H groups in total. The van der Waals surface area contributed by atoms with Gasteiger partial charge in [0, 0.05) is 33.4 Å². The molecule has 4 nitrogen and oxygen atoms in total. The molecule has 0 bridgehead atoms. The highest BCUT2D eigenvalue weighted by molar-refractivity contribution is 4.79. The van der Waals surface area contributed by atoms with Gasteiger partial charge in [-0.2, -0.15) is 0 Å². The Morgan fingerprint density at radius 1 is 1.00 bits per heavy atom. The van der Waals surface area contributed by atoms with Crippen LogP contribution in [0.3, 0.4) is 0 Å². The van der Waals surface area contributed by atoms with Gasteiger partial charge in [-0.05, 0) is 25.7 Å². The van der Waals surface area contributed by atoms with E-state index in [0.29, 0.717) is 6.04 Å². The minimum absolute atomic E-state index is 0.0806. The van der Waals surface area contributed by atoms with Gasteiger partial charge in [0.15, 0.2) is 0 Å². The Bertz CT molecular complexity index is 162. The number of aliphatic hydroxyl groups is 1. The second-order valence-corrected chi connectivity index (χ2v) is 4.48. The second-order valence-electron chi connectivity index (χ2n) is 4.48. The highest BCUT2D eigenvalue weighted by Crippen LogP contribution is 2.22. The quantitative estimate of drug-likeness (QED) is 0.706. The van der Waals surface area contributed by atoms with Crippen molar-refractivity contribution >= 4 is 0 Å². The van der Waals surface area contributed by atoms with Gasteiger partial charge in [0.2, 0.25) is 0 Å². The molecule has 0 saturated heterocycles. The van der Waals surface area contributed by atoms with Crippen molar-refractivity contribution in [2.75, 3.05) is 40.5 Å². The van der Waals surface area contributed by atoms with E-state index >= 15 is 0 Å². The van der Waals surface area contributed by atoms with E-state index in [1.165, 1.54) is 0 Å². The molecule has 0 radical (unpaired) electrons. The first kappa shape index (κ1) is 13.9. The number of hydrogen-bond donors (Lipinski definition) is 1. The molecule has 1 aliphatic carbocycles. The van der Waals surface area contributed by atoms with Gasteiger partial charge in [0.1, 0.15) is 0 Å². The third-order valence-electron chi connectivity index (χ3n) is 3.35. The van der Waals surface area contributed by atoms with Crippen LogP contribution >= 0.6 is 0 Å². The van der Waals surface area contributed by atoms with Crippen molar-refractivity contribution in [1.29, 1.82) is 0 Å². The van der Waals surface area contributed by atoms with Crippen molar-refractivity contribution in [3.63, 3.8) is 0 Å². The van der Waals surface area contributed by atoms with Gasteiger partial charge >= 0.3 is 0 Å². The molecular weight excluding hydrogens is 206 g/mol. The van der Waals surface area contributed by atoms with E-state index < -0.39 is 0 Å². The molecule has 1 rings (SSSR count). The Labute approximate surface area is 98.5 Å². The molecule has 0 aromatic heterocycles. The van der Waals surface area contributed by atoms with Crippen LogP contribution < -0.4 is 0 Å². The molecule has 0 amide bonds. The van der Waals surface area contributed by atoms with Gasteiger partial charge < -0.3 is 14.6 Å². The van der Waals surface area contributed by atoms with Crippen LogP contribution in [-0.2, 0) is 9.47 Å². The first-order valence-corrected chi connectivity index (χ1v) is 6.18. The first-order valence-electron chi connectivity index (χ1n) is 6.18. The minimum Gasteiger partial charge on any atom is -0.393 e. The summed E-state index contributed by atoms with van der Waals surface area (Å²) >= 11 is 0. The average molecular weight is 231 g/mol. The standard InChI is InChI=1S/C12H25NO3/c1-15-9-7-13(8-10-16-2)11-3-5-12(14)6-4-11/h11-12,14H,3-10H2,1-2H3. The molecule has 0 heterocycles. The Kier molecular flexibility index (Phi) is 6.96. The van der Waals surface area contributed by atoms with Gasteiger partial charge in [-0.3, -0.25) is 4.90 Å². The van der Waals surface area contributed by atoms with Crippen molar-refractivity contribution in [2.24, 2.45) is 0 Å². The Hall–Kier alpha value is -0.160. The summed E-state index contributed by atoms with van der Waals surface area (Å²) in [5.74, 6) is 0. The summed E-state index contributed by atoms with van der Waals surface area (Å²) in [6.07, 6.45) is 3.97. The van der Waals surface area contributed by atoms with Crippen molar-refractivity contribution < 1.29 is 14.6 Å². The van der Waals surface area contributed by atoms with Crippen LogP contribution in [0.4, 0.5) is 0 Å². The number of ether oxygens (including phenoxy) is 2. The molecule has 0 atom stereocenters. The smallest absolute Gasteiger partial charge is 0.0589 e. The Balaban J connectivity index is 2.34. The van der Waals surface area contributed by atoms with Crippen LogP contribution in [0.15, 0.2) is 0 Å². The molecule has 4 heteroatoms. The molecule has 0 aliphatic heterocycles. The van der Waals surface area contributed by atoms with Gasteiger partial charge in [-0.1, -0.05) is 0 Å². The third kappa shape index (κ3) is 4.78. The lowest BCUT2D eigenvalue weighted by Crippen LogP contribution is -2.42. The average Bonchev–Trinajstić information content (AvgIpc) is 2.31. The molecule has 16 heavy (non-hydrogen) atoms. The molecule has 0 aromatic carbocycles. The normalized spacial score (nSPS) is 26.2. The number of aliphatic hydroxyl groups excluding tert-OH is 1. The molecule has 0 unspecified atom stereocenters. The van der Waals surface area contributed by atoms with E-state index in [4.69, 9.17) is 9.47 Å². The predicted molar refractivity (Wildman–Crippen MR) is 63.6 cm³/mol. The molecule has 96 valence electrons. The fourth-order valence-electron chi connectivity index (χ4n) is 2.32. The van der Waals surface area contributed by atoms with E-state index in [1.807, 2.05) is 0 Å². The highest BCUT2D eigenvalue weighted by Gasteiger charge is 2.24. The summed E-state index contributed by atoms with van der Waals surface area (Å²) in [6.45, 7) is 3.45. The number of hydrogen-bond acceptors (Lipinski definition) is 4. The van der Waals surface area contributed by atoms with Gasteiger partial charge in [0.25, 0.3) is 0 Å². The highest BCUT2D eigenvalue weighted by atomic mass is 16.5. The maximum Gasteiger partial charge on any atom is 0.0589 e. The SMILES string of the molecule is COCCN(CCOC)C1CCC(O)CC1. The van der Waals surface area contributed by atoms with Crippen LogP contribution in [0.25, 0.3) is 0 Å². The lowest BCUT2D eigenvalue weighted by atomic mass is 9.92. The summed E-state index contributed by atoms with van der Waals surface area (Å²) < 4.78 is 10.3. The zero-order chi connectivity index (χ0) is 11.8. The van der Waals surface area contributed by atoms with Crippen molar-refractivity contribution in [1.82, 2.24) is 4.90 Å². The molecule has 1 saturated carbocycles. The van der Waals surface area contributed by atoms with E-state index in [0.717, 1.165) is 52.0 Å². The Morgan fingerprint density at radius 2 is 1.50 bits per heavy atom. The van der Waals surface area contributed by atoms with Crippen LogP contribution in [-0.4, -0.2) is 62.7 Å². The summed E-state index contributed by atoms with van der Waals surface area (Å²) in [4.78, 5) is 2.43. The Morgan fingerprint density at radius 3 is 1.94 bits per heavy atom. The molecular formula is C12H25NO3. The van der Waals surface area contributed by atoms with E-state index in [-0.39, 0.29) is 6.10 Å². The van der Waals surface area contributed by atoms with Crippen LogP contribution in [0.2, 0.25) is 0 Å². The topological polar surface area (TPSA) is 41.9 Å². The first-order chi connectivity index (χ1) is 7.77. The zero-order valence-electron chi connectivity index (χ0n) is 10.5. The fraction of sp³-hybridized carbons (Fsp3) is 1.00. The lowest BCUT2D eigenvalue weighted by Gasteiger charge is -2.35. The minimum atomic E-state index is -0.0806. The lowest BCUT2D eigenvalue weighted by molar-refractivity contribution is 0.0441. The van der Waals surface area contributed by atoms with Gasteiger partial charge in [-0.25, -0.2) is 0 Å². The maximum atomic E-state index is 9.49. The van der Waals surface area contributed by atoms with Crippen LogP contribution in [0, 0.1) is 0 Å². The molecule has 1 aliphatic rings. The largest absolute Gasteiger partial charge is 0.393 e. The monoisotopic (exact) mass is 231 g/mol. The van der Waals surface area contributed by atoms with Crippen molar-refractivity contribution in [2.45, 2.75) is 37.8 Å². The van der Waals surface area contributed by atoms with E-state index in [9.17, 15) is 5.11 Å². The van der Waals surface area contributed by atoms with E-state index in [2.05, 4.69) is 4.90 Å². The van der Waals surface area contributed by atoms with Crippen molar-refractivity contribution in [3.05, 3.63) is 0 Å². The van der Waals surface area contributed by atoms with E-state index in [1.54, 1.807) is 14.2 Å². The maximum absolute atomic E-state index is 9.49. The number of nitrogens with zero attached hydrogens (tertiary/aromatic N) is 1. The summed E-state index contributed by atoms with van der Waals surface area (Å²) in [5.41, 5.74) is 0. The van der Waals surface area contributed by atoms with Crippen LogP contribution in [0.5, 0.6) is 0 Å².